The van der Waals surface area contributed by atoms with E-state index in [1.807, 2.05) is 0 Å². The molecule has 0 aliphatic carbocycles. The van der Waals surface area contributed by atoms with Gasteiger partial charge in [0.15, 0.2) is 0 Å². The summed E-state index contributed by atoms with van der Waals surface area (Å²) >= 11 is 0.885. The second-order valence-electron chi connectivity index (χ2n) is 7.65. The van der Waals surface area contributed by atoms with E-state index in [9.17, 15) is 26.8 Å². The van der Waals surface area contributed by atoms with Crippen molar-refractivity contribution in [2.45, 2.75) is 31.0 Å². The van der Waals surface area contributed by atoms with Crippen molar-refractivity contribution in [2.24, 2.45) is 0 Å². The van der Waals surface area contributed by atoms with Gasteiger partial charge in [0.25, 0.3) is 15.9 Å². The fraction of sp³-hybridized carbons (Fsp3) is 0.364. The zero-order chi connectivity index (χ0) is 24.5. The van der Waals surface area contributed by atoms with Gasteiger partial charge >= 0.3 is 5.97 Å². The Morgan fingerprint density at radius 3 is 2.61 bits per heavy atom. The number of carbonyl (C=O) groups is 2. The number of hydrogen-bond acceptors (Lipinski definition) is 6. The van der Waals surface area contributed by atoms with Gasteiger partial charge in [-0.15, -0.1) is 11.3 Å². The van der Waals surface area contributed by atoms with Crippen molar-refractivity contribution in [1.29, 1.82) is 0 Å². The standard InChI is InChI=1S/C22H24F2N2O5S2/c1-5-26(11-13(2)3)33(29,30)22-19(21(28)31-4)15-8-9-25(12-18(15)32-22)20(27)16-10-14(23)6-7-17(16)24/h6-7,10H,2,5,8-9,11-12H2,1,3-4H3. The summed E-state index contributed by atoms with van der Waals surface area (Å²) in [5.74, 6) is -3.09. The molecule has 178 valence electrons. The Kier molecular flexibility index (Phi) is 7.35. The largest absolute Gasteiger partial charge is 0.465 e. The molecule has 0 spiro atoms. The molecule has 11 heteroatoms. The van der Waals surface area contributed by atoms with Crippen molar-refractivity contribution in [3.8, 4) is 0 Å². The third-order valence-electron chi connectivity index (χ3n) is 5.23. The smallest absolute Gasteiger partial charge is 0.340 e. The van der Waals surface area contributed by atoms with Gasteiger partial charge in [-0.05, 0) is 37.1 Å². The van der Waals surface area contributed by atoms with Gasteiger partial charge in [0, 0.05) is 24.5 Å². The summed E-state index contributed by atoms with van der Waals surface area (Å²) in [6.07, 6.45) is 0.168. The van der Waals surface area contributed by atoms with Crippen molar-refractivity contribution < 1.29 is 31.5 Å². The lowest BCUT2D eigenvalue weighted by Gasteiger charge is -2.27. The number of nitrogens with zero attached hydrogens (tertiary/aromatic N) is 2. The highest BCUT2D eigenvalue weighted by Gasteiger charge is 2.37. The molecule has 0 saturated carbocycles. The average Bonchev–Trinajstić information content (AvgIpc) is 3.17. The van der Waals surface area contributed by atoms with Crippen LogP contribution in [0, 0.1) is 11.6 Å². The van der Waals surface area contributed by atoms with E-state index in [1.165, 1.54) is 16.3 Å². The van der Waals surface area contributed by atoms with Crippen molar-refractivity contribution in [3.05, 3.63) is 63.6 Å². The van der Waals surface area contributed by atoms with E-state index >= 15 is 0 Å². The van der Waals surface area contributed by atoms with Crippen LogP contribution in [-0.4, -0.2) is 56.2 Å². The molecule has 1 aromatic carbocycles. The molecule has 0 bridgehead atoms. The van der Waals surface area contributed by atoms with Crippen LogP contribution in [0.3, 0.4) is 0 Å². The second-order valence-corrected chi connectivity index (χ2v) is 10.9. The molecular formula is C22H24F2N2O5S2. The zero-order valence-corrected chi connectivity index (χ0v) is 20.1. The fourth-order valence-corrected chi connectivity index (χ4v) is 7.21. The van der Waals surface area contributed by atoms with E-state index in [1.54, 1.807) is 13.8 Å². The summed E-state index contributed by atoms with van der Waals surface area (Å²) in [5.41, 5.74) is 0.673. The van der Waals surface area contributed by atoms with Gasteiger partial charge in [0.1, 0.15) is 15.8 Å². The molecule has 0 saturated heterocycles. The highest BCUT2D eigenvalue weighted by molar-refractivity contribution is 7.91. The van der Waals surface area contributed by atoms with Gasteiger partial charge in [-0.2, -0.15) is 4.31 Å². The number of hydrogen-bond donors (Lipinski definition) is 0. The van der Waals surface area contributed by atoms with Crippen LogP contribution in [0.25, 0.3) is 0 Å². The molecule has 0 N–H and O–H groups in total. The van der Waals surface area contributed by atoms with Gasteiger partial charge in [-0.1, -0.05) is 19.1 Å². The highest BCUT2D eigenvalue weighted by Crippen LogP contribution is 2.38. The summed E-state index contributed by atoms with van der Waals surface area (Å²) in [6.45, 7) is 7.47. The molecular weight excluding hydrogens is 474 g/mol. The molecule has 1 aromatic heterocycles. The molecule has 0 atom stereocenters. The number of methoxy groups -OCH3 is 1. The number of fused-ring (bicyclic) bond motifs is 1. The lowest BCUT2D eigenvalue weighted by molar-refractivity contribution is 0.0595. The highest BCUT2D eigenvalue weighted by atomic mass is 32.2. The molecule has 0 unspecified atom stereocenters. The third-order valence-corrected chi connectivity index (χ3v) is 8.87. The molecule has 1 aliphatic rings. The van der Waals surface area contributed by atoms with Crippen molar-refractivity contribution in [2.75, 3.05) is 26.7 Å². The SMILES string of the molecule is C=C(C)CN(CC)S(=O)(=O)c1sc2c(c1C(=O)OC)CCN(C(=O)c1cc(F)ccc1F)C2. The number of halogens is 2. The van der Waals surface area contributed by atoms with Crippen molar-refractivity contribution in [1.82, 2.24) is 9.21 Å². The Labute approximate surface area is 195 Å². The molecule has 0 fully saturated rings. The first-order chi connectivity index (χ1) is 15.5. The van der Waals surface area contributed by atoms with Gasteiger partial charge in [-0.25, -0.2) is 22.0 Å². The summed E-state index contributed by atoms with van der Waals surface area (Å²) in [6, 6.07) is 2.63. The third kappa shape index (κ3) is 4.85. The second kappa shape index (κ2) is 9.70. The zero-order valence-electron chi connectivity index (χ0n) is 18.5. The number of rotatable bonds is 7. The Morgan fingerprint density at radius 2 is 2.00 bits per heavy atom. The van der Waals surface area contributed by atoms with E-state index in [4.69, 9.17) is 4.74 Å². The Balaban J connectivity index is 2.04. The lowest BCUT2D eigenvalue weighted by atomic mass is 10.0. The predicted octanol–water partition coefficient (Wildman–Crippen LogP) is 3.60. The number of benzene rings is 1. The van der Waals surface area contributed by atoms with E-state index in [0.717, 1.165) is 29.5 Å². The number of carbonyl (C=O) groups excluding carboxylic acids is 2. The number of ether oxygens (including phenoxy) is 1. The molecule has 2 aromatic rings. The maximum absolute atomic E-state index is 14.1. The predicted molar refractivity (Wildman–Crippen MR) is 120 cm³/mol. The molecule has 3 rings (SSSR count). The first-order valence-electron chi connectivity index (χ1n) is 10.1. The molecule has 0 radical (unpaired) electrons. The van der Waals surface area contributed by atoms with Crippen LogP contribution in [0.4, 0.5) is 8.78 Å². The summed E-state index contributed by atoms with van der Waals surface area (Å²) in [7, 11) is -2.88. The van der Waals surface area contributed by atoms with Crippen LogP contribution < -0.4 is 0 Å². The van der Waals surface area contributed by atoms with E-state index in [0.29, 0.717) is 16.0 Å². The minimum absolute atomic E-state index is 0.0401. The Bertz CT molecular complexity index is 1220. The number of esters is 1. The number of sulfonamides is 1. The quantitative estimate of drug-likeness (QED) is 0.430. The Morgan fingerprint density at radius 1 is 1.30 bits per heavy atom. The number of thiophene rings is 1. The number of likely N-dealkylation sites (N-methyl/N-ethyl adjacent to an activating group) is 1. The van der Waals surface area contributed by atoms with Crippen molar-refractivity contribution in [3.63, 3.8) is 0 Å². The molecule has 1 amide bonds. The van der Waals surface area contributed by atoms with Gasteiger partial charge < -0.3 is 9.64 Å². The lowest BCUT2D eigenvalue weighted by Crippen LogP contribution is -2.36. The van der Waals surface area contributed by atoms with Crippen LogP contribution in [0.1, 0.15) is 45.0 Å². The summed E-state index contributed by atoms with van der Waals surface area (Å²) in [5, 5.41) is 0. The van der Waals surface area contributed by atoms with E-state index < -0.39 is 39.1 Å². The van der Waals surface area contributed by atoms with Crippen LogP contribution in [0.2, 0.25) is 0 Å². The summed E-state index contributed by atoms with van der Waals surface area (Å²) in [4.78, 5) is 27.2. The van der Waals surface area contributed by atoms with E-state index in [2.05, 4.69) is 6.58 Å². The fourth-order valence-electron chi connectivity index (χ4n) is 3.66. The van der Waals surface area contributed by atoms with Gasteiger partial charge in [0.05, 0.1) is 24.8 Å². The minimum atomic E-state index is -4.05. The van der Waals surface area contributed by atoms with Crippen LogP contribution in [0.5, 0.6) is 0 Å². The number of amides is 1. The summed E-state index contributed by atoms with van der Waals surface area (Å²) < 4.78 is 60.4. The van der Waals surface area contributed by atoms with Crippen LogP contribution in [0.15, 0.2) is 34.6 Å². The molecule has 33 heavy (non-hydrogen) atoms. The maximum atomic E-state index is 14.1. The molecule has 7 nitrogen and oxygen atoms in total. The average molecular weight is 499 g/mol. The van der Waals surface area contributed by atoms with Gasteiger partial charge in [-0.3, -0.25) is 4.79 Å². The monoisotopic (exact) mass is 498 g/mol. The van der Waals surface area contributed by atoms with Crippen LogP contribution >= 0.6 is 11.3 Å². The normalized spacial score (nSPS) is 13.7. The van der Waals surface area contributed by atoms with Crippen LogP contribution in [-0.2, 0) is 27.7 Å². The topological polar surface area (TPSA) is 84.0 Å². The van der Waals surface area contributed by atoms with E-state index in [-0.39, 0.29) is 42.4 Å². The first-order valence-corrected chi connectivity index (χ1v) is 12.4. The first kappa shape index (κ1) is 25.0. The maximum Gasteiger partial charge on any atom is 0.340 e. The Hall–Kier alpha value is -2.63. The molecule has 1 aliphatic heterocycles. The minimum Gasteiger partial charge on any atom is -0.465 e. The molecule has 2 heterocycles. The van der Waals surface area contributed by atoms with Gasteiger partial charge in [0.2, 0.25) is 0 Å². The van der Waals surface area contributed by atoms with Crippen molar-refractivity contribution >= 4 is 33.2 Å².